The molecule has 2 rings (SSSR count). The molecule has 5 nitrogen and oxygen atoms in total. The van der Waals surface area contributed by atoms with Crippen molar-refractivity contribution in [2.45, 2.75) is 39.2 Å². The monoisotopic (exact) mass is 291 g/mol. The van der Waals surface area contributed by atoms with Crippen molar-refractivity contribution in [3.05, 3.63) is 24.0 Å². The number of amides is 1. The second-order valence-electron chi connectivity index (χ2n) is 5.73. The zero-order chi connectivity index (χ0) is 15.2. The number of carbonyl (C=O) groups excluding carboxylic acids is 1. The molecule has 1 unspecified atom stereocenters. The van der Waals surface area contributed by atoms with Crippen LogP contribution in [0, 0.1) is 5.92 Å². The van der Waals surface area contributed by atoms with Gasteiger partial charge in [-0.05, 0) is 44.2 Å². The van der Waals surface area contributed by atoms with Gasteiger partial charge in [-0.15, -0.1) is 0 Å². The zero-order valence-electron chi connectivity index (χ0n) is 12.9. The summed E-state index contributed by atoms with van der Waals surface area (Å²) in [5.74, 6) is 0.295. The Labute approximate surface area is 126 Å². The number of carbonyl (C=O) groups is 1. The summed E-state index contributed by atoms with van der Waals surface area (Å²) in [6.07, 6.45) is 4.20. The number of aromatic nitrogens is 1. The van der Waals surface area contributed by atoms with Gasteiger partial charge in [-0.1, -0.05) is 6.92 Å². The summed E-state index contributed by atoms with van der Waals surface area (Å²) in [7, 11) is 0. The van der Waals surface area contributed by atoms with Gasteiger partial charge in [-0.25, -0.2) is 4.98 Å². The van der Waals surface area contributed by atoms with Crippen LogP contribution in [0.5, 0.6) is 0 Å². The Hall–Kier alpha value is -1.62. The van der Waals surface area contributed by atoms with Crippen molar-refractivity contribution in [1.29, 1.82) is 0 Å². The molecule has 2 N–H and O–H groups in total. The van der Waals surface area contributed by atoms with E-state index in [-0.39, 0.29) is 12.0 Å². The first-order valence-corrected chi connectivity index (χ1v) is 7.79. The first-order valence-electron chi connectivity index (χ1n) is 7.79. The van der Waals surface area contributed by atoms with Gasteiger partial charge in [-0.3, -0.25) is 4.79 Å². The maximum absolute atomic E-state index is 12.4. The minimum atomic E-state index is -0.288. The van der Waals surface area contributed by atoms with Gasteiger partial charge in [0.05, 0.1) is 18.0 Å². The molecule has 0 spiro atoms. The van der Waals surface area contributed by atoms with Crippen LogP contribution in [0.1, 0.15) is 43.6 Å². The Kier molecular flexibility index (Phi) is 5.56. The van der Waals surface area contributed by atoms with Crippen molar-refractivity contribution < 1.29 is 9.90 Å². The van der Waals surface area contributed by atoms with Gasteiger partial charge in [0, 0.05) is 19.6 Å². The molecule has 2 heterocycles. The van der Waals surface area contributed by atoms with Gasteiger partial charge in [-0.2, -0.15) is 0 Å². The predicted molar refractivity (Wildman–Crippen MR) is 83.3 cm³/mol. The summed E-state index contributed by atoms with van der Waals surface area (Å²) < 4.78 is 0. The average Bonchev–Trinajstić information content (AvgIpc) is 2.53. The highest BCUT2D eigenvalue weighted by Gasteiger charge is 2.26. The summed E-state index contributed by atoms with van der Waals surface area (Å²) in [5, 5.41) is 12.8. The molecular formula is C16H25N3O2. The summed E-state index contributed by atoms with van der Waals surface area (Å²) >= 11 is 0. The third kappa shape index (κ3) is 4.17. The van der Waals surface area contributed by atoms with Crippen molar-refractivity contribution in [3.63, 3.8) is 0 Å². The number of aliphatic hydroxyl groups excluding tert-OH is 1. The van der Waals surface area contributed by atoms with Crippen molar-refractivity contribution in [3.8, 4) is 0 Å². The van der Waals surface area contributed by atoms with E-state index >= 15 is 0 Å². The maximum atomic E-state index is 12.4. The summed E-state index contributed by atoms with van der Waals surface area (Å²) in [6, 6.07) is 3.68. The number of piperidine rings is 1. The Morgan fingerprint density at radius 1 is 1.48 bits per heavy atom. The molecule has 0 aromatic carbocycles. The number of aliphatic hydroxyl groups is 1. The van der Waals surface area contributed by atoms with Crippen LogP contribution in [0.4, 0.5) is 5.69 Å². The van der Waals surface area contributed by atoms with Crippen LogP contribution >= 0.6 is 0 Å². The second-order valence-corrected chi connectivity index (χ2v) is 5.73. The number of nitrogens with one attached hydrogen (secondary N) is 1. The highest BCUT2D eigenvalue weighted by Crippen LogP contribution is 2.21. The number of nitrogens with zero attached hydrogens (tertiary/aromatic N) is 2. The van der Waals surface area contributed by atoms with Crippen LogP contribution in [-0.4, -0.2) is 46.6 Å². The molecule has 0 saturated carbocycles. The molecule has 0 bridgehead atoms. The molecule has 1 aliphatic heterocycles. The van der Waals surface area contributed by atoms with Gasteiger partial charge in [0.2, 0.25) is 0 Å². The molecule has 5 heteroatoms. The van der Waals surface area contributed by atoms with Gasteiger partial charge in [0.15, 0.2) is 0 Å². The molecule has 1 amide bonds. The maximum Gasteiger partial charge on any atom is 0.272 e. The third-order valence-electron chi connectivity index (χ3n) is 4.07. The van der Waals surface area contributed by atoms with Gasteiger partial charge < -0.3 is 15.3 Å². The van der Waals surface area contributed by atoms with Crippen molar-refractivity contribution in [2.75, 3.05) is 25.0 Å². The van der Waals surface area contributed by atoms with Crippen molar-refractivity contribution >= 4 is 11.6 Å². The van der Waals surface area contributed by atoms with Crippen LogP contribution in [0.2, 0.25) is 0 Å². The first-order chi connectivity index (χ1) is 10.1. The van der Waals surface area contributed by atoms with Crippen molar-refractivity contribution in [2.24, 2.45) is 5.92 Å². The van der Waals surface area contributed by atoms with E-state index in [0.29, 0.717) is 24.7 Å². The quantitative estimate of drug-likeness (QED) is 0.872. The fourth-order valence-electron chi connectivity index (χ4n) is 2.64. The highest BCUT2D eigenvalue weighted by atomic mass is 16.3. The third-order valence-corrected chi connectivity index (χ3v) is 4.07. The fourth-order valence-corrected chi connectivity index (χ4v) is 2.64. The molecule has 1 saturated heterocycles. The Balaban J connectivity index is 1.91. The molecule has 1 atom stereocenters. The predicted octanol–water partition coefficient (Wildman–Crippen LogP) is 2.14. The number of hydrogen-bond acceptors (Lipinski definition) is 4. The number of pyridine rings is 1. The van der Waals surface area contributed by atoms with Crippen LogP contribution in [0.25, 0.3) is 0 Å². The molecule has 1 aromatic rings. The smallest absolute Gasteiger partial charge is 0.272 e. The first kappa shape index (κ1) is 15.8. The van der Waals surface area contributed by atoms with Crippen LogP contribution < -0.4 is 5.32 Å². The van der Waals surface area contributed by atoms with Crippen molar-refractivity contribution in [1.82, 2.24) is 9.88 Å². The lowest BCUT2D eigenvalue weighted by Gasteiger charge is -2.33. The Morgan fingerprint density at radius 3 is 2.71 bits per heavy atom. The lowest BCUT2D eigenvalue weighted by Crippen LogP contribution is -2.41. The van der Waals surface area contributed by atoms with Crippen LogP contribution in [0.3, 0.4) is 0 Å². The minimum absolute atomic E-state index is 0.0129. The van der Waals surface area contributed by atoms with E-state index in [1.54, 1.807) is 12.3 Å². The van der Waals surface area contributed by atoms with E-state index in [9.17, 15) is 9.90 Å². The molecule has 116 valence electrons. The van der Waals surface area contributed by atoms with E-state index in [0.717, 1.165) is 31.5 Å². The Morgan fingerprint density at radius 2 is 2.19 bits per heavy atom. The normalized spacial score (nSPS) is 17.6. The zero-order valence-corrected chi connectivity index (χ0v) is 12.9. The number of anilines is 1. The largest absolute Gasteiger partial charge is 0.393 e. The van der Waals surface area contributed by atoms with E-state index in [1.165, 1.54) is 0 Å². The average molecular weight is 291 g/mol. The lowest BCUT2D eigenvalue weighted by molar-refractivity contribution is 0.0517. The van der Waals surface area contributed by atoms with Crippen LogP contribution in [-0.2, 0) is 0 Å². The fraction of sp³-hybridized carbons (Fsp3) is 0.625. The highest BCUT2D eigenvalue weighted by molar-refractivity contribution is 5.92. The number of likely N-dealkylation sites (tertiary alicyclic amines) is 1. The SMILES string of the molecule is CCCNc1ccc(C(=O)N2CCC(C(C)O)CC2)nc1. The van der Waals surface area contributed by atoms with Gasteiger partial charge in [0.1, 0.15) is 5.69 Å². The second kappa shape index (κ2) is 7.41. The minimum Gasteiger partial charge on any atom is -0.393 e. The molecule has 0 radical (unpaired) electrons. The lowest BCUT2D eigenvalue weighted by atomic mass is 9.92. The number of hydrogen-bond donors (Lipinski definition) is 2. The molecule has 1 aliphatic rings. The molecule has 1 fully saturated rings. The number of rotatable bonds is 5. The molecular weight excluding hydrogens is 266 g/mol. The molecule has 0 aliphatic carbocycles. The summed E-state index contributed by atoms with van der Waals surface area (Å²) in [6.45, 7) is 6.24. The van der Waals surface area contributed by atoms with E-state index in [1.807, 2.05) is 17.9 Å². The Bertz CT molecular complexity index is 451. The van der Waals surface area contributed by atoms with Gasteiger partial charge in [0.25, 0.3) is 5.91 Å². The van der Waals surface area contributed by atoms with E-state index < -0.39 is 0 Å². The summed E-state index contributed by atoms with van der Waals surface area (Å²) in [4.78, 5) is 18.5. The topological polar surface area (TPSA) is 65.5 Å². The molecule has 1 aromatic heterocycles. The van der Waals surface area contributed by atoms with Gasteiger partial charge >= 0.3 is 0 Å². The van der Waals surface area contributed by atoms with E-state index in [2.05, 4.69) is 17.2 Å². The van der Waals surface area contributed by atoms with Crippen LogP contribution in [0.15, 0.2) is 18.3 Å². The summed E-state index contributed by atoms with van der Waals surface area (Å²) in [5.41, 5.74) is 1.44. The molecule has 21 heavy (non-hydrogen) atoms. The standard InChI is InChI=1S/C16H25N3O2/c1-3-8-17-14-4-5-15(18-11-14)16(21)19-9-6-13(7-10-19)12(2)20/h4-5,11-13,17,20H,3,6-10H2,1-2H3. The van der Waals surface area contributed by atoms with E-state index in [4.69, 9.17) is 0 Å².